The molecule has 1 aromatic carbocycles. The molecule has 0 saturated carbocycles. The zero-order valence-electron chi connectivity index (χ0n) is 17.0. The second kappa shape index (κ2) is 8.85. The molecule has 0 radical (unpaired) electrons. The molecule has 0 aliphatic carbocycles. The minimum Gasteiger partial charge on any atom is -0.352 e. The molecule has 1 aliphatic heterocycles. The third-order valence-corrected chi connectivity index (χ3v) is 6.45. The lowest BCUT2D eigenvalue weighted by molar-refractivity contribution is 0.265. The Balaban J connectivity index is 1.60. The molecule has 1 aromatic heterocycles. The van der Waals surface area contributed by atoms with Gasteiger partial charge in [0.15, 0.2) is 5.96 Å². The fraction of sp³-hybridized carbons (Fsp3) is 0.524. The number of nitrogens with one attached hydrogen (secondary N) is 2. The Kier molecular flexibility index (Phi) is 6.50. The number of thiazole rings is 1. The maximum absolute atomic E-state index is 4.74. The Morgan fingerprint density at radius 3 is 2.67 bits per heavy atom. The van der Waals surface area contributed by atoms with E-state index in [0.717, 1.165) is 36.3 Å². The molecule has 2 atom stereocenters. The predicted octanol–water partition coefficient (Wildman–Crippen LogP) is 3.51. The van der Waals surface area contributed by atoms with Gasteiger partial charge >= 0.3 is 0 Å². The Morgan fingerprint density at radius 2 is 2.04 bits per heavy atom. The normalized spacial score (nSPS) is 21.0. The summed E-state index contributed by atoms with van der Waals surface area (Å²) in [4.78, 5) is 12.9. The maximum Gasteiger partial charge on any atom is 0.191 e. The number of likely N-dealkylation sites (tertiary alicyclic amines) is 1. The standard InChI is InChI=1S/C21H31N5S/c1-14(2)26-12-15(3)18(13-26)25-21(22-5)23-11-19-16(4)24-20(27-19)17-9-7-6-8-10-17/h6-10,14-15,18H,11-13H2,1-5H3,(H2,22,23,25). The van der Waals surface area contributed by atoms with E-state index in [-0.39, 0.29) is 0 Å². The summed E-state index contributed by atoms with van der Waals surface area (Å²) in [5, 5.41) is 8.16. The highest BCUT2D eigenvalue weighted by molar-refractivity contribution is 7.15. The van der Waals surface area contributed by atoms with Gasteiger partial charge in [-0.15, -0.1) is 11.3 Å². The van der Waals surface area contributed by atoms with Crippen LogP contribution in [-0.2, 0) is 6.54 Å². The molecule has 1 fully saturated rings. The third kappa shape index (κ3) is 4.87. The summed E-state index contributed by atoms with van der Waals surface area (Å²) in [7, 11) is 1.84. The lowest BCUT2D eigenvalue weighted by atomic mass is 10.1. The Hall–Kier alpha value is -1.92. The number of aliphatic imine (C=N–C) groups is 1. The highest BCUT2D eigenvalue weighted by atomic mass is 32.1. The predicted molar refractivity (Wildman–Crippen MR) is 115 cm³/mol. The van der Waals surface area contributed by atoms with Gasteiger partial charge in [-0.05, 0) is 26.7 Å². The quantitative estimate of drug-likeness (QED) is 0.611. The summed E-state index contributed by atoms with van der Waals surface area (Å²) in [6.07, 6.45) is 0. The van der Waals surface area contributed by atoms with Gasteiger partial charge in [0.1, 0.15) is 5.01 Å². The number of guanidine groups is 1. The van der Waals surface area contributed by atoms with Gasteiger partial charge in [-0.3, -0.25) is 9.89 Å². The van der Waals surface area contributed by atoms with Gasteiger partial charge in [-0.1, -0.05) is 37.3 Å². The van der Waals surface area contributed by atoms with Crippen LogP contribution < -0.4 is 10.6 Å². The average Bonchev–Trinajstić information content (AvgIpc) is 3.22. The number of hydrogen-bond donors (Lipinski definition) is 2. The highest BCUT2D eigenvalue weighted by Crippen LogP contribution is 2.27. The van der Waals surface area contributed by atoms with Crippen LogP contribution in [0.1, 0.15) is 31.3 Å². The monoisotopic (exact) mass is 385 g/mol. The van der Waals surface area contributed by atoms with E-state index < -0.39 is 0 Å². The Labute approximate surface area is 166 Å². The van der Waals surface area contributed by atoms with Crippen LogP contribution in [0, 0.1) is 12.8 Å². The van der Waals surface area contributed by atoms with E-state index in [1.165, 1.54) is 10.4 Å². The molecule has 146 valence electrons. The van der Waals surface area contributed by atoms with Crippen LogP contribution in [0.5, 0.6) is 0 Å². The van der Waals surface area contributed by atoms with Crippen molar-refractivity contribution >= 4 is 17.3 Å². The topological polar surface area (TPSA) is 52.6 Å². The van der Waals surface area contributed by atoms with Crippen molar-refractivity contribution in [1.29, 1.82) is 0 Å². The third-order valence-electron chi connectivity index (χ3n) is 5.25. The van der Waals surface area contributed by atoms with Gasteiger partial charge in [-0.2, -0.15) is 0 Å². The molecular formula is C21H31N5S. The van der Waals surface area contributed by atoms with Crippen LogP contribution in [0.4, 0.5) is 0 Å². The Morgan fingerprint density at radius 1 is 1.30 bits per heavy atom. The van der Waals surface area contributed by atoms with E-state index in [0.29, 0.717) is 18.0 Å². The zero-order chi connectivity index (χ0) is 19.4. The first-order valence-corrected chi connectivity index (χ1v) is 10.5. The molecule has 2 N–H and O–H groups in total. The zero-order valence-corrected chi connectivity index (χ0v) is 17.8. The van der Waals surface area contributed by atoms with Crippen LogP contribution in [0.15, 0.2) is 35.3 Å². The van der Waals surface area contributed by atoms with E-state index >= 15 is 0 Å². The lowest BCUT2D eigenvalue weighted by Gasteiger charge is -2.21. The number of aromatic nitrogens is 1. The van der Waals surface area contributed by atoms with E-state index in [2.05, 4.69) is 72.5 Å². The summed E-state index contributed by atoms with van der Waals surface area (Å²) in [6.45, 7) is 11.9. The smallest absolute Gasteiger partial charge is 0.191 e. The van der Waals surface area contributed by atoms with Crippen LogP contribution >= 0.6 is 11.3 Å². The lowest BCUT2D eigenvalue weighted by Crippen LogP contribution is -2.46. The molecule has 0 spiro atoms. The van der Waals surface area contributed by atoms with Crippen molar-refractivity contribution in [3.05, 3.63) is 40.9 Å². The van der Waals surface area contributed by atoms with Crippen LogP contribution in [0.2, 0.25) is 0 Å². The first-order valence-electron chi connectivity index (χ1n) is 9.71. The molecule has 0 bridgehead atoms. The summed E-state index contributed by atoms with van der Waals surface area (Å²) in [5.74, 6) is 1.48. The first-order chi connectivity index (χ1) is 13.0. The largest absolute Gasteiger partial charge is 0.352 e. The number of nitrogens with zero attached hydrogens (tertiary/aromatic N) is 3. The highest BCUT2D eigenvalue weighted by Gasteiger charge is 2.31. The van der Waals surface area contributed by atoms with Gasteiger partial charge in [0, 0.05) is 42.7 Å². The van der Waals surface area contributed by atoms with Gasteiger partial charge in [0.25, 0.3) is 0 Å². The second-order valence-electron chi connectivity index (χ2n) is 7.60. The summed E-state index contributed by atoms with van der Waals surface area (Å²) in [5.41, 5.74) is 2.26. The van der Waals surface area contributed by atoms with Crippen molar-refractivity contribution in [1.82, 2.24) is 20.5 Å². The van der Waals surface area contributed by atoms with E-state index in [4.69, 9.17) is 4.98 Å². The van der Waals surface area contributed by atoms with E-state index in [9.17, 15) is 0 Å². The van der Waals surface area contributed by atoms with Crippen molar-refractivity contribution in [2.24, 2.45) is 10.9 Å². The van der Waals surface area contributed by atoms with Crippen molar-refractivity contribution in [3.8, 4) is 10.6 Å². The maximum atomic E-state index is 4.74. The summed E-state index contributed by atoms with van der Waals surface area (Å²) >= 11 is 1.75. The van der Waals surface area contributed by atoms with Crippen LogP contribution in [0.3, 0.4) is 0 Å². The molecule has 6 heteroatoms. The molecule has 2 heterocycles. The summed E-state index contributed by atoms with van der Waals surface area (Å²) < 4.78 is 0. The SMILES string of the molecule is CN=C(NCc1sc(-c2ccccc2)nc1C)NC1CN(C(C)C)CC1C. The fourth-order valence-electron chi connectivity index (χ4n) is 3.44. The van der Waals surface area contributed by atoms with E-state index in [1.807, 2.05) is 13.1 Å². The molecule has 3 rings (SSSR count). The molecule has 0 amide bonds. The molecule has 5 nitrogen and oxygen atoms in total. The molecule has 2 aromatic rings. The molecular weight excluding hydrogens is 354 g/mol. The van der Waals surface area contributed by atoms with Crippen molar-refractivity contribution in [3.63, 3.8) is 0 Å². The van der Waals surface area contributed by atoms with Gasteiger partial charge in [0.05, 0.1) is 12.2 Å². The minimum absolute atomic E-state index is 0.432. The number of hydrogen-bond acceptors (Lipinski definition) is 4. The van der Waals surface area contributed by atoms with Crippen LogP contribution in [-0.4, -0.2) is 48.1 Å². The fourth-order valence-corrected chi connectivity index (χ4v) is 4.45. The van der Waals surface area contributed by atoms with Crippen molar-refractivity contribution in [2.75, 3.05) is 20.1 Å². The van der Waals surface area contributed by atoms with Crippen molar-refractivity contribution < 1.29 is 0 Å². The summed E-state index contributed by atoms with van der Waals surface area (Å²) in [6, 6.07) is 11.4. The first kappa shape index (κ1) is 19.8. The number of rotatable bonds is 5. The molecule has 1 aliphatic rings. The number of aryl methyl sites for hydroxylation is 1. The Bertz CT molecular complexity index is 768. The average molecular weight is 386 g/mol. The second-order valence-corrected chi connectivity index (χ2v) is 8.68. The van der Waals surface area contributed by atoms with Gasteiger partial charge in [0.2, 0.25) is 0 Å². The molecule has 2 unspecified atom stereocenters. The molecule has 27 heavy (non-hydrogen) atoms. The van der Waals surface area contributed by atoms with Crippen LogP contribution in [0.25, 0.3) is 10.6 Å². The van der Waals surface area contributed by atoms with Gasteiger partial charge in [-0.25, -0.2) is 4.98 Å². The van der Waals surface area contributed by atoms with Crippen molar-refractivity contribution in [2.45, 2.75) is 46.3 Å². The van der Waals surface area contributed by atoms with E-state index in [1.54, 1.807) is 11.3 Å². The molecule has 1 saturated heterocycles. The number of benzene rings is 1. The minimum atomic E-state index is 0.432. The van der Waals surface area contributed by atoms with Gasteiger partial charge < -0.3 is 10.6 Å².